The van der Waals surface area contributed by atoms with Gasteiger partial charge in [0.2, 0.25) is 0 Å². The summed E-state index contributed by atoms with van der Waals surface area (Å²) in [7, 11) is 0. The number of carboxylic acid groups (broad SMARTS) is 1. The quantitative estimate of drug-likeness (QED) is 0.0638. The summed E-state index contributed by atoms with van der Waals surface area (Å²) in [6, 6.07) is 45.0. The minimum atomic E-state index is -1.01. The van der Waals surface area contributed by atoms with Gasteiger partial charge in [0.1, 0.15) is 52.9 Å². The number of ether oxygens (including phenoxy) is 8. The Bertz CT molecular complexity index is 2470. The second-order valence-corrected chi connectivity index (χ2v) is 13.1. The van der Waals surface area contributed by atoms with Crippen molar-refractivity contribution < 1.29 is 52.9 Å². The first-order chi connectivity index (χ1) is 29.1. The maximum Gasteiger partial charge on any atom is 0.336 e. The highest BCUT2D eigenvalue weighted by atomic mass is 16.6. The van der Waals surface area contributed by atoms with Crippen LogP contribution in [0.3, 0.4) is 0 Å². The van der Waals surface area contributed by atoms with Gasteiger partial charge < -0.3 is 48.1 Å². The van der Waals surface area contributed by atoms with E-state index in [0.29, 0.717) is 51.6 Å². The van der Waals surface area contributed by atoms with Crippen molar-refractivity contribution in [2.45, 2.75) is 6.61 Å². The summed E-state index contributed by atoms with van der Waals surface area (Å²) in [5, 5.41) is 22.9. The largest absolute Gasteiger partial charge is 0.487 e. The first-order valence-electron chi connectivity index (χ1n) is 19.2. The van der Waals surface area contributed by atoms with Gasteiger partial charge in [-0.05, 0) is 76.1 Å². The van der Waals surface area contributed by atoms with E-state index in [0.717, 1.165) is 21.5 Å². The minimum Gasteiger partial charge on any atom is -0.487 e. The molecule has 0 bridgehead atoms. The molecule has 0 spiro atoms. The van der Waals surface area contributed by atoms with E-state index in [1.165, 1.54) is 0 Å². The summed E-state index contributed by atoms with van der Waals surface area (Å²) >= 11 is 0. The van der Waals surface area contributed by atoms with E-state index in [1.807, 2.05) is 121 Å². The molecule has 59 heavy (non-hydrogen) atoms. The highest BCUT2D eigenvalue weighted by Crippen LogP contribution is 2.35. The summed E-state index contributed by atoms with van der Waals surface area (Å²) in [5.74, 6) is 3.37. The molecule has 0 aliphatic heterocycles. The zero-order valence-corrected chi connectivity index (χ0v) is 32.3. The number of carboxylic acids is 1. The van der Waals surface area contributed by atoms with Gasteiger partial charge in [0.05, 0.1) is 12.2 Å². The van der Waals surface area contributed by atoms with Crippen molar-refractivity contribution in [3.05, 3.63) is 157 Å². The molecule has 0 aliphatic carbocycles. The van der Waals surface area contributed by atoms with Crippen LogP contribution in [0.4, 0.5) is 0 Å². The smallest absolute Gasteiger partial charge is 0.336 e. The van der Waals surface area contributed by atoms with E-state index in [4.69, 9.17) is 37.9 Å². The number of rotatable bonds is 22. The third-order valence-corrected chi connectivity index (χ3v) is 9.10. The van der Waals surface area contributed by atoms with E-state index in [-0.39, 0.29) is 65.0 Å². The van der Waals surface area contributed by atoms with Gasteiger partial charge in [0, 0.05) is 5.56 Å². The number of aliphatic hydroxyl groups is 1. The van der Waals surface area contributed by atoms with Crippen LogP contribution >= 0.6 is 0 Å². The van der Waals surface area contributed by atoms with Crippen LogP contribution in [-0.4, -0.2) is 69.0 Å². The SMILES string of the molecule is O=C(O)c1ccccc1COc1cc2ccccc2cc1OCCOc1ccccc1OCCOc1ccccc1OCCOc1cc2ccccc2cc1OCCO. The van der Waals surface area contributed by atoms with Crippen LogP contribution in [0.1, 0.15) is 15.9 Å². The normalized spacial score (nSPS) is 10.9. The van der Waals surface area contributed by atoms with Gasteiger partial charge in [0.25, 0.3) is 0 Å². The summed E-state index contributed by atoms with van der Waals surface area (Å²) in [6.07, 6.45) is 0. The van der Waals surface area contributed by atoms with E-state index in [1.54, 1.807) is 24.3 Å². The molecule has 0 aromatic heterocycles. The lowest BCUT2D eigenvalue weighted by Crippen LogP contribution is -2.13. The fraction of sp³-hybridized carbons (Fsp3) is 0.188. The van der Waals surface area contributed by atoms with Gasteiger partial charge in [-0.1, -0.05) is 91.0 Å². The van der Waals surface area contributed by atoms with Crippen molar-refractivity contribution in [2.24, 2.45) is 0 Å². The fourth-order valence-corrected chi connectivity index (χ4v) is 6.30. The Kier molecular flexibility index (Phi) is 13.8. The molecule has 7 aromatic rings. The topological polar surface area (TPSA) is 131 Å². The van der Waals surface area contributed by atoms with Crippen molar-refractivity contribution in [2.75, 3.05) is 52.9 Å². The molecule has 0 radical (unpaired) electrons. The number of benzene rings is 7. The Morgan fingerprint density at radius 2 is 0.678 bits per heavy atom. The average Bonchev–Trinajstić information content (AvgIpc) is 3.27. The average molecular weight is 797 g/mol. The summed E-state index contributed by atoms with van der Waals surface area (Å²) in [4.78, 5) is 11.7. The van der Waals surface area contributed by atoms with Crippen molar-refractivity contribution in [1.82, 2.24) is 0 Å². The standard InChI is InChI=1S/C48H44O11/c49-21-22-52-44-29-34-11-1-2-12-35(34)30-45(44)57-27-25-55-42-19-9-7-17-40(42)53-23-24-54-41-18-8-10-20-43(41)56-26-28-58-46-31-36-13-3-4-14-37(36)32-47(46)59-33-38-15-5-6-16-39(38)48(50)51/h1-20,29-32,49H,21-28,33H2,(H,50,51). The number of aliphatic hydroxyl groups excluding tert-OH is 1. The highest BCUT2D eigenvalue weighted by Gasteiger charge is 2.14. The predicted molar refractivity (Wildman–Crippen MR) is 224 cm³/mol. The molecule has 7 rings (SSSR count). The Labute approximate surface area is 341 Å². The van der Waals surface area contributed by atoms with Crippen LogP contribution in [0, 0.1) is 0 Å². The number of hydrogen-bond acceptors (Lipinski definition) is 10. The van der Waals surface area contributed by atoms with Crippen molar-refractivity contribution in [1.29, 1.82) is 0 Å². The number of fused-ring (bicyclic) bond motifs is 2. The number of para-hydroxylation sites is 4. The summed E-state index contributed by atoms with van der Waals surface area (Å²) in [6.45, 7) is 1.56. The molecule has 0 saturated heterocycles. The van der Waals surface area contributed by atoms with Crippen molar-refractivity contribution in [3.63, 3.8) is 0 Å². The van der Waals surface area contributed by atoms with Crippen LogP contribution in [-0.2, 0) is 6.61 Å². The Morgan fingerprint density at radius 3 is 1.05 bits per heavy atom. The number of aromatic carboxylic acids is 1. The van der Waals surface area contributed by atoms with Crippen LogP contribution < -0.4 is 37.9 Å². The maximum atomic E-state index is 11.7. The van der Waals surface area contributed by atoms with Gasteiger partial charge in [-0.25, -0.2) is 4.79 Å². The minimum absolute atomic E-state index is 0.0621. The molecule has 11 nitrogen and oxygen atoms in total. The summed E-state index contributed by atoms with van der Waals surface area (Å²) < 4.78 is 48.3. The van der Waals surface area contributed by atoms with Crippen LogP contribution in [0.15, 0.2) is 146 Å². The molecule has 0 saturated carbocycles. The van der Waals surface area contributed by atoms with Crippen molar-refractivity contribution >= 4 is 27.5 Å². The molecule has 0 aliphatic rings. The molecule has 0 unspecified atom stereocenters. The first-order valence-corrected chi connectivity index (χ1v) is 19.2. The maximum absolute atomic E-state index is 11.7. The highest BCUT2D eigenvalue weighted by molar-refractivity contribution is 5.89. The zero-order chi connectivity index (χ0) is 40.7. The van der Waals surface area contributed by atoms with E-state index >= 15 is 0 Å². The Hall–Kier alpha value is -7.11. The second kappa shape index (κ2) is 20.4. The Balaban J connectivity index is 0.887. The van der Waals surface area contributed by atoms with E-state index in [9.17, 15) is 15.0 Å². The monoisotopic (exact) mass is 796 g/mol. The van der Waals surface area contributed by atoms with E-state index < -0.39 is 5.97 Å². The van der Waals surface area contributed by atoms with Crippen molar-refractivity contribution in [3.8, 4) is 46.0 Å². The first kappa shape index (κ1) is 40.1. The molecule has 2 N–H and O–H groups in total. The molecule has 0 amide bonds. The third kappa shape index (κ3) is 10.8. The third-order valence-electron chi connectivity index (χ3n) is 9.10. The molecular weight excluding hydrogens is 753 g/mol. The predicted octanol–water partition coefficient (Wildman–Crippen LogP) is 9.01. The number of hydrogen-bond donors (Lipinski definition) is 2. The van der Waals surface area contributed by atoms with Gasteiger partial charge in [0.15, 0.2) is 46.0 Å². The van der Waals surface area contributed by atoms with Gasteiger partial charge in [-0.3, -0.25) is 0 Å². The van der Waals surface area contributed by atoms with Gasteiger partial charge in [-0.2, -0.15) is 0 Å². The van der Waals surface area contributed by atoms with Crippen LogP contribution in [0.25, 0.3) is 21.5 Å². The van der Waals surface area contributed by atoms with Crippen LogP contribution in [0.2, 0.25) is 0 Å². The molecule has 0 heterocycles. The molecule has 302 valence electrons. The van der Waals surface area contributed by atoms with E-state index in [2.05, 4.69) is 0 Å². The van der Waals surface area contributed by atoms with Crippen LogP contribution in [0.5, 0.6) is 46.0 Å². The lowest BCUT2D eigenvalue weighted by atomic mass is 10.1. The second-order valence-electron chi connectivity index (χ2n) is 13.1. The lowest BCUT2D eigenvalue weighted by Gasteiger charge is -2.17. The molecular formula is C48H44O11. The molecule has 11 heteroatoms. The van der Waals surface area contributed by atoms with Gasteiger partial charge in [-0.15, -0.1) is 0 Å². The lowest BCUT2D eigenvalue weighted by molar-refractivity contribution is 0.0694. The Morgan fingerprint density at radius 1 is 0.373 bits per heavy atom. The van der Waals surface area contributed by atoms with Gasteiger partial charge >= 0.3 is 5.97 Å². The zero-order valence-electron chi connectivity index (χ0n) is 32.3. The summed E-state index contributed by atoms with van der Waals surface area (Å²) in [5.41, 5.74) is 0.745. The molecule has 0 atom stereocenters. The number of carbonyl (C=O) groups is 1. The fourth-order valence-electron chi connectivity index (χ4n) is 6.30. The molecule has 7 aromatic carbocycles. The molecule has 0 fully saturated rings.